The van der Waals surface area contributed by atoms with Crippen LogP contribution in [-0.2, 0) is 11.3 Å². The Kier molecular flexibility index (Phi) is 4.72. The maximum Gasteiger partial charge on any atom is 0.363 e. The van der Waals surface area contributed by atoms with Crippen molar-refractivity contribution < 1.29 is 14.5 Å². The second-order valence-electron chi connectivity index (χ2n) is 5.10. The van der Waals surface area contributed by atoms with E-state index in [1.54, 1.807) is 6.92 Å². The van der Waals surface area contributed by atoms with Crippen LogP contribution < -0.4 is 0 Å². The molecule has 114 valence electrons. The molecule has 0 N–H and O–H groups in total. The van der Waals surface area contributed by atoms with E-state index >= 15 is 0 Å². The molecule has 7 heteroatoms. The Hall–Kier alpha value is -2.18. The molecule has 0 unspecified atom stereocenters. The summed E-state index contributed by atoms with van der Waals surface area (Å²) in [6, 6.07) is 0. The Morgan fingerprint density at radius 1 is 1.57 bits per heavy atom. The summed E-state index contributed by atoms with van der Waals surface area (Å²) in [4.78, 5) is 22.7. The van der Waals surface area contributed by atoms with E-state index in [2.05, 4.69) is 17.3 Å². The molecule has 0 amide bonds. The van der Waals surface area contributed by atoms with Crippen molar-refractivity contribution in [3.63, 3.8) is 0 Å². The average Bonchev–Trinajstić information content (AvgIpc) is 2.82. The zero-order valence-electron chi connectivity index (χ0n) is 12.2. The highest BCUT2D eigenvalue weighted by molar-refractivity contribution is 5.92. The minimum atomic E-state index is -0.668. The fraction of sp³-hybridized carbons (Fsp3) is 0.571. The highest BCUT2D eigenvalue weighted by Gasteiger charge is 2.31. The molecule has 0 aromatic carbocycles. The van der Waals surface area contributed by atoms with Crippen molar-refractivity contribution >= 4 is 11.7 Å². The highest BCUT2D eigenvalue weighted by atomic mass is 16.6. The third-order valence-corrected chi connectivity index (χ3v) is 3.60. The number of nitro groups is 1. The molecule has 21 heavy (non-hydrogen) atoms. The molecule has 0 saturated heterocycles. The van der Waals surface area contributed by atoms with Gasteiger partial charge < -0.3 is 4.74 Å². The molecule has 0 aliphatic heterocycles. The zero-order valence-corrected chi connectivity index (χ0v) is 12.2. The lowest BCUT2D eigenvalue weighted by Crippen LogP contribution is -2.19. The Balaban J connectivity index is 2.14. The van der Waals surface area contributed by atoms with Gasteiger partial charge in [-0.2, -0.15) is 5.10 Å². The Bertz CT molecular complexity index is 577. The molecule has 0 saturated carbocycles. The van der Waals surface area contributed by atoms with Gasteiger partial charge in [0.2, 0.25) is 5.69 Å². The number of hydrogen-bond donors (Lipinski definition) is 0. The summed E-state index contributed by atoms with van der Waals surface area (Å²) >= 11 is 0. The van der Waals surface area contributed by atoms with Gasteiger partial charge in [0.05, 0.1) is 11.5 Å². The van der Waals surface area contributed by atoms with E-state index in [1.807, 2.05) is 0 Å². The van der Waals surface area contributed by atoms with Crippen molar-refractivity contribution in [3.8, 4) is 0 Å². The first-order valence-corrected chi connectivity index (χ1v) is 7.08. The lowest BCUT2D eigenvalue weighted by atomic mass is 9.95. The quantitative estimate of drug-likeness (QED) is 0.360. The van der Waals surface area contributed by atoms with E-state index in [9.17, 15) is 14.9 Å². The fourth-order valence-corrected chi connectivity index (χ4v) is 2.49. The van der Waals surface area contributed by atoms with Crippen LogP contribution in [0.2, 0.25) is 0 Å². The molecule has 2 rings (SSSR count). The monoisotopic (exact) mass is 293 g/mol. The molecule has 1 aromatic heterocycles. The largest absolute Gasteiger partial charge is 0.460 e. The Morgan fingerprint density at radius 2 is 2.33 bits per heavy atom. The van der Waals surface area contributed by atoms with Gasteiger partial charge in [0, 0.05) is 6.54 Å². The molecule has 7 nitrogen and oxygen atoms in total. The molecule has 1 aromatic rings. The smallest absolute Gasteiger partial charge is 0.363 e. The molecular weight excluding hydrogens is 274 g/mol. The number of aromatic nitrogens is 2. The molecule has 0 spiro atoms. The van der Waals surface area contributed by atoms with Crippen molar-refractivity contribution in [2.75, 3.05) is 6.61 Å². The second kappa shape index (κ2) is 6.51. The average molecular weight is 293 g/mol. The first-order chi connectivity index (χ1) is 10.0. The predicted octanol–water partition coefficient (Wildman–Crippen LogP) is 2.63. The van der Waals surface area contributed by atoms with Crippen LogP contribution in [0.1, 0.15) is 42.4 Å². The van der Waals surface area contributed by atoms with Crippen LogP contribution in [0.4, 0.5) is 5.69 Å². The minimum absolute atomic E-state index is 0.0636. The van der Waals surface area contributed by atoms with E-state index in [1.165, 1.54) is 11.6 Å². The molecule has 1 atom stereocenters. The normalized spacial score (nSPS) is 17.7. The van der Waals surface area contributed by atoms with Crippen LogP contribution in [0.5, 0.6) is 0 Å². The second-order valence-corrected chi connectivity index (χ2v) is 5.10. The van der Waals surface area contributed by atoms with Gasteiger partial charge in [0.15, 0.2) is 0 Å². The van der Waals surface area contributed by atoms with E-state index in [-0.39, 0.29) is 29.6 Å². The lowest BCUT2D eigenvalue weighted by molar-refractivity contribution is -0.385. The van der Waals surface area contributed by atoms with E-state index in [4.69, 9.17) is 4.74 Å². The first kappa shape index (κ1) is 15.2. The molecule has 0 fully saturated rings. The van der Waals surface area contributed by atoms with Crippen LogP contribution in [0, 0.1) is 23.0 Å². The number of aryl methyl sites for hydroxylation is 2. The molecule has 1 heterocycles. The topological polar surface area (TPSA) is 87.3 Å². The summed E-state index contributed by atoms with van der Waals surface area (Å²) in [7, 11) is 0. The fourth-order valence-electron chi connectivity index (χ4n) is 2.49. The maximum absolute atomic E-state index is 12.2. The van der Waals surface area contributed by atoms with Gasteiger partial charge in [0.25, 0.3) is 0 Å². The summed E-state index contributed by atoms with van der Waals surface area (Å²) in [5.74, 6) is -0.379. The number of nitrogens with zero attached hydrogens (tertiary/aromatic N) is 3. The summed E-state index contributed by atoms with van der Waals surface area (Å²) in [5.41, 5.74) is -0.0915. The highest BCUT2D eigenvalue weighted by Crippen LogP contribution is 2.25. The standard InChI is InChI=1S/C14H19N3O4/c1-3-16-13(12(17(19)20)10(2)15-16)14(18)21-9-11-7-5-4-6-8-11/h4-5,11H,3,6-9H2,1-2H3/t11-/m0/s1. The lowest BCUT2D eigenvalue weighted by Gasteiger charge is -2.17. The zero-order chi connectivity index (χ0) is 15.4. The molecule has 1 aliphatic carbocycles. The van der Waals surface area contributed by atoms with Gasteiger partial charge in [-0.15, -0.1) is 0 Å². The third kappa shape index (κ3) is 3.29. The van der Waals surface area contributed by atoms with Crippen LogP contribution >= 0.6 is 0 Å². The number of esters is 1. The molecule has 0 radical (unpaired) electrons. The molecular formula is C14H19N3O4. The number of hydrogen-bond acceptors (Lipinski definition) is 5. The summed E-state index contributed by atoms with van der Waals surface area (Å²) in [6.07, 6.45) is 7.01. The van der Waals surface area contributed by atoms with Crippen LogP contribution in [0.3, 0.4) is 0 Å². The number of ether oxygens (including phenoxy) is 1. The van der Waals surface area contributed by atoms with Gasteiger partial charge in [-0.05, 0) is 39.0 Å². The summed E-state index contributed by atoms with van der Waals surface area (Å²) in [6.45, 7) is 3.96. The van der Waals surface area contributed by atoms with Gasteiger partial charge in [0.1, 0.15) is 5.69 Å². The predicted molar refractivity (Wildman–Crippen MR) is 76.1 cm³/mol. The van der Waals surface area contributed by atoms with Crippen LogP contribution in [0.15, 0.2) is 12.2 Å². The van der Waals surface area contributed by atoms with Gasteiger partial charge >= 0.3 is 11.7 Å². The van der Waals surface area contributed by atoms with Gasteiger partial charge in [-0.1, -0.05) is 12.2 Å². The van der Waals surface area contributed by atoms with Crippen molar-refractivity contribution in [2.45, 2.75) is 39.7 Å². The van der Waals surface area contributed by atoms with Gasteiger partial charge in [-0.3, -0.25) is 14.8 Å². The van der Waals surface area contributed by atoms with E-state index in [0.29, 0.717) is 6.54 Å². The summed E-state index contributed by atoms with van der Waals surface area (Å²) in [5, 5.41) is 15.1. The van der Waals surface area contributed by atoms with Crippen LogP contribution in [-0.4, -0.2) is 27.3 Å². The maximum atomic E-state index is 12.2. The van der Waals surface area contributed by atoms with E-state index < -0.39 is 10.9 Å². The summed E-state index contributed by atoms with van der Waals surface area (Å²) < 4.78 is 6.61. The van der Waals surface area contributed by atoms with Crippen molar-refractivity contribution in [3.05, 3.63) is 33.7 Å². The third-order valence-electron chi connectivity index (χ3n) is 3.60. The number of carbonyl (C=O) groups excluding carboxylic acids is 1. The molecule has 0 bridgehead atoms. The number of rotatable bonds is 5. The van der Waals surface area contributed by atoms with E-state index in [0.717, 1.165) is 19.3 Å². The van der Waals surface area contributed by atoms with Crippen molar-refractivity contribution in [2.24, 2.45) is 5.92 Å². The van der Waals surface area contributed by atoms with Gasteiger partial charge in [-0.25, -0.2) is 4.79 Å². The minimum Gasteiger partial charge on any atom is -0.460 e. The molecule has 1 aliphatic rings. The van der Waals surface area contributed by atoms with Crippen molar-refractivity contribution in [1.29, 1.82) is 0 Å². The first-order valence-electron chi connectivity index (χ1n) is 7.08. The Labute approximate surface area is 122 Å². The number of carbonyl (C=O) groups is 1. The van der Waals surface area contributed by atoms with Crippen molar-refractivity contribution in [1.82, 2.24) is 9.78 Å². The SMILES string of the molecule is CCn1nc(C)c([N+](=O)[O-])c1C(=O)OC[C@H]1CC=CCC1. The van der Waals surface area contributed by atoms with Crippen LogP contribution in [0.25, 0.3) is 0 Å². The Morgan fingerprint density at radius 3 is 2.90 bits per heavy atom. The number of allylic oxidation sites excluding steroid dienone is 2.